The summed E-state index contributed by atoms with van der Waals surface area (Å²) in [6, 6.07) is 6.65. The minimum atomic E-state index is 0.278. The SMILES string of the molecule is CNC(C)c1ccc(N2CCC(OC)CC2)cc1Cl. The van der Waals surface area contributed by atoms with Crippen molar-refractivity contribution in [2.75, 3.05) is 32.1 Å². The Labute approximate surface area is 120 Å². The van der Waals surface area contributed by atoms with Crippen LogP contribution in [-0.2, 0) is 4.74 Å². The molecule has 1 N–H and O–H groups in total. The predicted octanol–water partition coefficient (Wildman–Crippen LogP) is 3.24. The van der Waals surface area contributed by atoms with Crippen LogP contribution in [0.15, 0.2) is 18.2 Å². The van der Waals surface area contributed by atoms with Crippen LogP contribution in [0.1, 0.15) is 31.4 Å². The second-order valence-corrected chi connectivity index (χ2v) is 5.55. The summed E-state index contributed by atoms with van der Waals surface area (Å²) in [6.07, 6.45) is 2.58. The molecule has 1 saturated heterocycles. The Hall–Kier alpha value is -0.770. The van der Waals surface area contributed by atoms with Crippen molar-refractivity contribution in [1.29, 1.82) is 0 Å². The van der Waals surface area contributed by atoms with Gasteiger partial charge in [0.15, 0.2) is 0 Å². The smallest absolute Gasteiger partial charge is 0.0605 e. The van der Waals surface area contributed by atoms with Gasteiger partial charge in [-0.2, -0.15) is 0 Å². The molecular weight excluding hydrogens is 260 g/mol. The molecule has 0 aromatic heterocycles. The number of anilines is 1. The molecule has 3 nitrogen and oxygen atoms in total. The van der Waals surface area contributed by atoms with Gasteiger partial charge in [-0.1, -0.05) is 17.7 Å². The number of rotatable bonds is 4. The van der Waals surface area contributed by atoms with Crippen LogP contribution < -0.4 is 10.2 Å². The molecule has 0 aliphatic carbocycles. The lowest BCUT2D eigenvalue weighted by molar-refractivity contribution is 0.0819. The highest BCUT2D eigenvalue weighted by Crippen LogP contribution is 2.29. The largest absolute Gasteiger partial charge is 0.381 e. The van der Waals surface area contributed by atoms with Gasteiger partial charge in [-0.25, -0.2) is 0 Å². The van der Waals surface area contributed by atoms with Crippen LogP contribution in [-0.4, -0.2) is 33.4 Å². The zero-order chi connectivity index (χ0) is 13.8. The first kappa shape index (κ1) is 14.6. The second-order valence-electron chi connectivity index (χ2n) is 5.14. The van der Waals surface area contributed by atoms with Crippen molar-refractivity contribution in [3.8, 4) is 0 Å². The Morgan fingerprint density at radius 3 is 2.58 bits per heavy atom. The van der Waals surface area contributed by atoms with Crippen LogP contribution in [0.25, 0.3) is 0 Å². The highest BCUT2D eigenvalue weighted by molar-refractivity contribution is 6.31. The Morgan fingerprint density at radius 2 is 2.05 bits per heavy atom. The highest BCUT2D eigenvalue weighted by atomic mass is 35.5. The molecule has 1 atom stereocenters. The molecule has 1 heterocycles. The van der Waals surface area contributed by atoms with Crippen LogP contribution in [0, 0.1) is 0 Å². The molecular formula is C15H23ClN2O. The van der Waals surface area contributed by atoms with E-state index in [1.54, 1.807) is 7.11 Å². The number of ether oxygens (including phenoxy) is 1. The van der Waals surface area contributed by atoms with Crippen molar-refractivity contribution >= 4 is 17.3 Å². The number of nitrogens with zero attached hydrogens (tertiary/aromatic N) is 1. The van der Waals surface area contributed by atoms with E-state index >= 15 is 0 Å². The molecule has 1 fully saturated rings. The molecule has 2 rings (SSSR count). The Morgan fingerprint density at radius 1 is 1.37 bits per heavy atom. The second kappa shape index (κ2) is 6.60. The number of hydrogen-bond donors (Lipinski definition) is 1. The van der Waals surface area contributed by atoms with Gasteiger partial charge in [0.25, 0.3) is 0 Å². The third-order valence-electron chi connectivity index (χ3n) is 4.02. The van der Waals surface area contributed by atoms with Crippen molar-refractivity contribution in [1.82, 2.24) is 5.32 Å². The minimum absolute atomic E-state index is 0.278. The van der Waals surface area contributed by atoms with E-state index in [4.69, 9.17) is 16.3 Å². The van der Waals surface area contributed by atoms with Crippen LogP contribution in [0.3, 0.4) is 0 Å². The van der Waals surface area contributed by atoms with E-state index in [-0.39, 0.29) is 6.04 Å². The van der Waals surface area contributed by atoms with Gasteiger partial charge < -0.3 is 15.0 Å². The summed E-state index contributed by atoms with van der Waals surface area (Å²) in [6.45, 7) is 4.19. The summed E-state index contributed by atoms with van der Waals surface area (Å²) in [5.74, 6) is 0. The van der Waals surface area contributed by atoms with Gasteiger partial charge in [0.05, 0.1) is 6.10 Å². The summed E-state index contributed by atoms with van der Waals surface area (Å²) in [5, 5.41) is 4.06. The number of methoxy groups -OCH3 is 1. The standard InChI is InChI=1S/C15H23ClN2O/c1-11(17-2)14-5-4-12(10-15(14)16)18-8-6-13(19-3)7-9-18/h4-5,10-11,13,17H,6-9H2,1-3H3. The molecule has 0 bridgehead atoms. The minimum Gasteiger partial charge on any atom is -0.381 e. The van der Waals surface area contributed by atoms with Crippen molar-refractivity contribution in [3.05, 3.63) is 28.8 Å². The van der Waals surface area contributed by atoms with E-state index in [9.17, 15) is 0 Å². The van der Waals surface area contributed by atoms with E-state index < -0.39 is 0 Å². The third kappa shape index (κ3) is 3.41. The molecule has 1 aromatic rings. The van der Waals surface area contributed by atoms with Crippen LogP contribution in [0.4, 0.5) is 5.69 Å². The molecule has 4 heteroatoms. The molecule has 106 valence electrons. The van der Waals surface area contributed by atoms with Crippen LogP contribution >= 0.6 is 11.6 Å². The van der Waals surface area contributed by atoms with Crippen LogP contribution in [0.2, 0.25) is 5.02 Å². The molecule has 0 amide bonds. The Bertz CT molecular complexity index is 417. The van der Waals surface area contributed by atoms with E-state index in [1.807, 2.05) is 7.05 Å². The van der Waals surface area contributed by atoms with Gasteiger partial charge in [0, 0.05) is 37.0 Å². The third-order valence-corrected chi connectivity index (χ3v) is 4.35. The van der Waals surface area contributed by atoms with Crippen molar-refractivity contribution in [2.24, 2.45) is 0 Å². The molecule has 1 aliphatic heterocycles. The van der Waals surface area contributed by atoms with Crippen LogP contribution in [0.5, 0.6) is 0 Å². The van der Waals surface area contributed by atoms with E-state index in [1.165, 1.54) is 5.69 Å². The first-order valence-corrected chi connectivity index (χ1v) is 7.28. The lowest BCUT2D eigenvalue weighted by atomic mass is 10.0. The summed E-state index contributed by atoms with van der Waals surface area (Å²) < 4.78 is 5.40. The predicted molar refractivity (Wildman–Crippen MR) is 81.2 cm³/mol. The quantitative estimate of drug-likeness (QED) is 0.918. The molecule has 0 saturated carbocycles. The normalized spacial score (nSPS) is 18.6. The number of benzene rings is 1. The number of nitrogens with one attached hydrogen (secondary N) is 1. The highest BCUT2D eigenvalue weighted by Gasteiger charge is 2.19. The number of piperidine rings is 1. The van der Waals surface area contributed by atoms with Crippen molar-refractivity contribution in [2.45, 2.75) is 31.9 Å². The average Bonchev–Trinajstić information content (AvgIpc) is 2.46. The monoisotopic (exact) mass is 282 g/mol. The van der Waals surface area contributed by atoms with Crippen molar-refractivity contribution in [3.63, 3.8) is 0 Å². The fourth-order valence-corrected chi connectivity index (χ4v) is 2.91. The zero-order valence-corrected chi connectivity index (χ0v) is 12.7. The van der Waals surface area contributed by atoms with Gasteiger partial charge in [-0.05, 0) is 44.5 Å². The molecule has 0 radical (unpaired) electrons. The fourth-order valence-electron chi connectivity index (χ4n) is 2.57. The maximum atomic E-state index is 6.39. The topological polar surface area (TPSA) is 24.5 Å². The van der Waals surface area contributed by atoms with E-state index in [2.05, 4.69) is 35.3 Å². The maximum absolute atomic E-state index is 6.39. The average molecular weight is 283 g/mol. The molecule has 0 spiro atoms. The number of hydrogen-bond acceptors (Lipinski definition) is 3. The maximum Gasteiger partial charge on any atom is 0.0605 e. The van der Waals surface area contributed by atoms with Gasteiger partial charge >= 0.3 is 0 Å². The van der Waals surface area contributed by atoms with Gasteiger partial charge in [-0.3, -0.25) is 0 Å². The van der Waals surface area contributed by atoms with Gasteiger partial charge in [0.1, 0.15) is 0 Å². The lowest BCUT2D eigenvalue weighted by Gasteiger charge is -2.33. The fraction of sp³-hybridized carbons (Fsp3) is 0.600. The summed E-state index contributed by atoms with van der Waals surface area (Å²) in [4.78, 5) is 2.38. The zero-order valence-electron chi connectivity index (χ0n) is 11.9. The first-order valence-electron chi connectivity index (χ1n) is 6.90. The first-order chi connectivity index (χ1) is 9.15. The molecule has 19 heavy (non-hydrogen) atoms. The Balaban J connectivity index is 2.08. The summed E-state index contributed by atoms with van der Waals surface area (Å²) >= 11 is 6.39. The number of halogens is 1. The lowest BCUT2D eigenvalue weighted by Crippen LogP contribution is -2.36. The summed E-state index contributed by atoms with van der Waals surface area (Å²) in [5.41, 5.74) is 2.37. The summed E-state index contributed by atoms with van der Waals surface area (Å²) in [7, 11) is 3.75. The molecule has 1 aliphatic rings. The Kier molecular flexibility index (Phi) is 5.08. The van der Waals surface area contributed by atoms with Gasteiger partial charge in [0.2, 0.25) is 0 Å². The molecule has 1 aromatic carbocycles. The van der Waals surface area contributed by atoms with E-state index in [0.29, 0.717) is 6.10 Å². The molecule has 1 unspecified atom stereocenters. The van der Waals surface area contributed by atoms with E-state index in [0.717, 1.165) is 36.5 Å². The van der Waals surface area contributed by atoms with Gasteiger partial charge in [-0.15, -0.1) is 0 Å². The van der Waals surface area contributed by atoms with Crippen molar-refractivity contribution < 1.29 is 4.74 Å².